The Labute approximate surface area is 143 Å². The Hall–Kier alpha value is -1.41. The summed E-state index contributed by atoms with van der Waals surface area (Å²) in [4.78, 5) is 18.1. The number of amides is 1. The second-order valence-electron chi connectivity index (χ2n) is 7.03. The molecule has 0 saturated carbocycles. The fourth-order valence-corrected chi connectivity index (χ4v) is 5.15. The lowest BCUT2D eigenvalue weighted by Gasteiger charge is -2.35. The van der Waals surface area contributed by atoms with E-state index in [1.807, 2.05) is 25.8 Å². The molecule has 2 aliphatic heterocycles. The van der Waals surface area contributed by atoms with Gasteiger partial charge in [-0.3, -0.25) is 4.79 Å². The summed E-state index contributed by atoms with van der Waals surface area (Å²) < 4.78 is 29.0. The minimum absolute atomic E-state index is 0.129. The molecule has 3 heterocycles. The summed E-state index contributed by atoms with van der Waals surface area (Å²) in [5.41, 5.74) is 0. The molecule has 7 nitrogen and oxygen atoms in total. The zero-order valence-electron chi connectivity index (χ0n) is 14.6. The molecule has 3 rings (SSSR count). The monoisotopic (exact) mass is 354 g/mol. The van der Waals surface area contributed by atoms with Crippen molar-refractivity contribution < 1.29 is 13.2 Å². The minimum atomic E-state index is -3.56. The number of aryl methyl sites for hydroxylation is 1. The molecule has 0 unspecified atom stereocenters. The van der Waals surface area contributed by atoms with Crippen LogP contribution in [0.2, 0.25) is 0 Å². The van der Waals surface area contributed by atoms with Crippen molar-refractivity contribution in [1.29, 1.82) is 0 Å². The summed E-state index contributed by atoms with van der Waals surface area (Å²) in [6, 6.07) is 0.182. The van der Waals surface area contributed by atoms with Gasteiger partial charge in [0, 0.05) is 51.3 Å². The number of imidazole rings is 1. The van der Waals surface area contributed by atoms with Crippen LogP contribution in [0.1, 0.15) is 51.3 Å². The first-order chi connectivity index (χ1) is 11.3. The Morgan fingerprint density at radius 3 is 2.38 bits per heavy atom. The summed E-state index contributed by atoms with van der Waals surface area (Å²) in [5.74, 6) is 1.15. The van der Waals surface area contributed by atoms with Gasteiger partial charge >= 0.3 is 0 Å². The van der Waals surface area contributed by atoms with Crippen LogP contribution in [0.15, 0.2) is 11.2 Å². The van der Waals surface area contributed by atoms with E-state index in [1.54, 1.807) is 10.8 Å². The van der Waals surface area contributed by atoms with Crippen LogP contribution in [0.3, 0.4) is 0 Å². The van der Waals surface area contributed by atoms with Gasteiger partial charge in [0.05, 0.1) is 0 Å². The lowest BCUT2D eigenvalue weighted by molar-refractivity contribution is -0.130. The molecular weight excluding hydrogens is 328 g/mol. The number of likely N-dealkylation sites (tertiary alicyclic amines) is 1. The number of carbonyl (C=O) groups excluding carboxylic acids is 1. The SMILES string of the molecule is CC(C)c1nc(S(=O)(=O)N2CCC(N3CCCC3=O)CC2)cn1C. The molecule has 2 fully saturated rings. The van der Waals surface area contributed by atoms with Gasteiger partial charge in [0.15, 0.2) is 5.03 Å². The summed E-state index contributed by atoms with van der Waals surface area (Å²) in [6.07, 6.45) is 4.55. The predicted octanol–water partition coefficient (Wildman–Crippen LogP) is 1.32. The van der Waals surface area contributed by atoms with E-state index in [-0.39, 0.29) is 22.9 Å². The summed E-state index contributed by atoms with van der Waals surface area (Å²) in [5, 5.41) is 0.129. The van der Waals surface area contributed by atoms with E-state index >= 15 is 0 Å². The molecule has 0 radical (unpaired) electrons. The van der Waals surface area contributed by atoms with Crippen molar-refractivity contribution >= 4 is 15.9 Å². The van der Waals surface area contributed by atoms with Crippen LogP contribution in [0, 0.1) is 0 Å². The number of hydrogen-bond acceptors (Lipinski definition) is 4. The van der Waals surface area contributed by atoms with Crippen LogP contribution < -0.4 is 0 Å². The quantitative estimate of drug-likeness (QED) is 0.817. The second kappa shape index (κ2) is 6.48. The molecule has 0 aliphatic carbocycles. The Bertz CT molecular complexity index is 718. The highest BCUT2D eigenvalue weighted by atomic mass is 32.2. The summed E-state index contributed by atoms with van der Waals surface area (Å²) >= 11 is 0. The van der Waals surface area contributed by atoms with Gasteiger partial charge in [-0.1, -0.05) is 13.8 Å². The van der Waals surface area contributed by atoms with Crippen LogP contribution in [0.25, 0.3) is 0 Å². The molecule has 0 spiro atoms. The topological polar surface area (TPSA) is 75.5 Å². The van der Waals surface area contributed by atoms with Crippen molar-refractivity contribution in [2.45, 2.75) is 56.5 Å². The molecule has 24 heavy (non-hydrogen) atoms. The van der Waals surface area contributed by atoms with E-state index in [1.165, 1.54) is 4.31 Å². The third-order valence-corrected chi connectivity index (χ3v) is 6.76. The number of sulfonamides is 1. The van der Waals surface area contributed by atoms with Crippen molar-refractivity contribution in [3.8, 4) is 0 Å². The van der Waals surface area contributed by atoms with Crippen LogP contribution >= 0.6 is 0 Å². The lowest BCUT2D eigenvalue weighted by Crippen LogP contribution is -2.47. The van der Waals surface area contributed by atoms with Crippen LogP contribution in [0.4, 0.5) is 0 Å². The van der Waals surface area contributed by atoms with E-state index in [0.29, 0.717) is 32.4 Å². The highest BCUT2D eigenvalue weighted by Crippen LogP contribution is 2.26. The van der Waals surface area contributed by atoms with Gasteiger partial charge in [-0.25, -0.2) is 13.4 Å². The van der Waals surface area contributed by atoms with Crippen molar-refractivity contribution in [2.75, 3.05) is 19.6 Å². The molecule has 0 bridgehead atoms. The number of hydrogen-bond donors (Lipinski definition) is 0. The molecule has 2 saturated heterocycles. The van der Waals surface area contributed by atoms with Gasteiger partial charge < -0.3 is 9.47 Å². The number of aromatic nitrogens is 2. The Balaban J connectivity index is 1.71. The third kappa shape index (κ3) is 3.09. The molecule has 1 aromatic rings. The highest BCUT2D eigenvalue weighted by Gasteiger charge is 2.35. The van der Waals surface area contributed by atoms with Gasteiger partial charge in [-0.05, 0) is 19.3 Å². The largest absolute Gasteiger partial charge is 0.340 e. The van der Waals surface area contributed by atoms with E-state index in [2.05, 4.69) is 4.98 Å². The van der Waals surface area contributed by atoms with E-state index < -0.39 is 10.0 Å². The van der Waals surface area contributed by atoms with E-state index in [4.69, 9.17) is 0 Å². The maximum absolute atomic E-state index is 12.8. The van der Waals surface area contributed by atoms with Gasteiger partial charge in [0.2, 0.25) is 5.91 Å². The molecule has 0 atom stereocenters. The molecule has 8 heteroatoms. The second-order valence-corrected chi connectivity index (χ2v) is 8.91. The third-order valence-electron chi connectivity index (χ3n) is 4.99. The normalized spacial score (nSPS) is 21.2. The molecular formula is C16H26N4O3S. The van der Waals surface area contributed by atoms with Crippen molar-refractivity contribution in [2.24, 2.45) is 7.05 Å². The standard InChI is InChI=1S/C16H26N4O3S/c1-12(2)16-17-14(11-18(16)3)24(22,23)19-9-6-13(7-10-19)20-8-4-5-15(20)21/h11-13H,4-10H2,1-3H3. The number of piperidine rings is 1. The number of carbonyl (C=O) groups is 1. The fraction of sp³-hybridized carbons (Fsp3) is 0.750. The van der Waals surface area contributed by atoms with Crippen LogP contribution in [0.5, 0.6) is 0 Å². The average molecular weight is 354 g/mol. The van der Waals surface area contributed by atoms with E-state index in [0.717, 1.165) is 18.8 Å². The highest BCUT2D eigenvalue weighted by molar-refractivity contribution is 7.89. The minimum Gasteiger partial charge on any atom is -0.340 e. The molecule has 0 N–H and O–H groups in total. The van der Waals surface area contributed by atoms with Gasteiger partial charge in [-0.2, -0.15) is 4.31 Å². The molecule has 1 amide bonds. The first-order valence-electron chi connectivity index (χ1n) is 8.63. The summed E-state index contributed by atoms with van der Waals surface area (Å²) in [7, 11) is -1.73. The van der Waals surface area contributed by atoms with E-state index in [9.17, 15) is 13.2 Å². The lowest BCUT2D eigenvalue weighted by atomic mass is 10.1. The molecule has 2 aliphatic rings. The van der Waals surface area contributed by atoms with Crippen LogP contribution in [-0.4, -0.2) is 58.8 Å². The smallest absolute Gasteiger partial charge is 0.262 e. The van der Waals surface area contributed by atoms with Crippen molar-refractivity contribution in [3.63, 3.8) is 0 Å². The summed E-state index contributed by atoms with van der Waals surface area (Å²) in [6.45, 7) is 5.71. The first-order valence-corrected chi connectivity index (χ1v) is 10.1. The van der Waals surface area contributed by atoms with Crippen molar-refractivity contribution in [1.82, 2.24) is 18.8 Å². The first kappa shape index (κ1) is 17.4. The number of rotatable bonds is 4. The van der Waals surface area contributed by atoms with Crippen LogP contribution in [-0.2, 0) is 21.9 Å². The molecule has 0 aromatic carbocycles. The Kier molecular flexibility index (Phi) is 4.70. The Morgan fingerprint density at radius 2 is 1.88 bits per heavy atom. The van der Waals surface area contributed by atoms with Crippen molar-refractivity contribution in [3.05, 3.63) is 12.0 Å². The predicted molar refractivity (Wildman–Crippen MR) is 90.0 cm³/mol. The maximum atomic E-state index is 12.8. The maximum Gasteiger partial charge on any atom is 0.262 e. The number of nitrogens with zero attached hydrogens (tertiary/aromatic N) is 4. The fourth-order valence-electron chi connectivity index (χ4n) is 3.69. The zero-order chi connectivity index (χ0) is 17.5. The van der Waals surface area contributed by atoms with Gasteiger partial charge in [-0.15, -0.1) is 0 Å². The van der Waals surface area contributed by atoms with Gasteiger partial charge in [0.25, 0.3) is 10.0 Å². The molecule has 1 aromatic heterocycles. The molecule has 134 valence electrons. The van der Waals surface area contributed by atoms with Gasteiger partial charge in [0.1, 0.15) is 5.82 Å². The average Bonchev–Trinajstić information content (AvgIpc) is 3.13. The Morgan fingerprint density at radius 1 is 1.21 bits per heavy atom. The zero-order valence-corrected chi connectivity index (χ0v) is 15.4.